The minimum absolute atomic E-state index is 0.00790. The number of hydrogen-bond donors (Lipinski definition) is 1. The maximum Gasteiger partial charge on any atom is 0.245 e. The number of likely N-dealkylation sites (N-methyl/N-ethyl adjacent to an activating group) is 1. The van der Waals surface area contributed by atoms with Gasteiger partial charge in [-0.15, -0.1) is 11.8 Å². The molecule has 9 nitrogen and oxygen atoms in total. The molecule has 0 spiro atoms. The second kappa shape index (κ2) is 14.9. The predicted molar refractivity (Wildman–Crippen MR) is 162 cm³/mol. The molecule has 1 aliphatic rings. The molecule has 3 aromatic rings. The normalized spacial score (nSPS) is 14.5. The van der Waals surface area contributed by atoms with E-state index in [1.165, 1.54) is 11.8 Å². The summed E-state index contributed by atoms with van der Waals surface area (Å²) < 4.78 is 28.2. The fraction of sp³-hybridized carbons (Fsp3) is 0.387. The van der Waals surface area contributed by atoms with Gasteiger partial charge in [0.25, 0.3) is 0 Å². The van der Waals surface area contributed by atoms with Gasteiger partial charge >= 0.3 is 0 Å². The number of benzene rings is 3. The Morgan fingerprint density at radius 1 is 0.854 bits per heavy atom. The number of hydrogen-bond acceptors (Lipinski definition) is 9. The maximum absolute atomic E-state index is 13.6. The SMILES string of the molecule is COc1ccc(OCCCN(C)CCOc2ccc(OC)c(OC)c2)c(C2Sc3ccccc3N(CCN)C2=O)c1. The Hall–Kier alpha value is -3.60. The lowest BCUT2D eigenvalue weighted by atomic mass is 10.1. The summed E-state index contributed by atoms with van der Waals surface area (Å²) in [5, 5.41) is -0.460. The second-order valence-electron chi connectivity index (χ2n) is 9.52. The van der Waals surface area contributed by atoms with E-state index in [4.69, 9.17) is 29.4 Å². The summed E-state index contributed by atoms with van der Waals surface area (Å²) in [6.45, 7) is 3.47. The van der Waals surface area contributed by atoms with Gasteiger partial charge in [0.05, 0.1) is 33.6 Å². The molecule has 1 amide bonds. The van der Waals surface area contributed by atoms with E-state index in [1.54, 1.807) is 26.2 Å². The molecule has 1 heterocycles. The highest BCUT2D eigenvalue weighted by Crippen LogP contribution is 2.49. The Labute approximate surface area is 246 Å². The summed E-state index contributed by atoms with van der Waals surface area (Å²) >= 11 is 1.53. The summed E-state index contributed by atoms with van der Waals surface area (Å²) in [5.41, 5.74) is 7.55. The van der Waals surface area contributed by atoms with Crippen molar-refractivity contribution in [2.24, 2.45) is 5.73 Å². The van der Waals surface area contributed by atoms with Crippen LogP contribution >= 0.6 is 11.8 Å². The van der Waals surface area contributed by atoms with Crippen molar-refractivity contribution in [3.63, 3.8) is 0 Å². The number of rotatable bonds is 15. The zero-order valence-electron chi connectivity index (χ0n) is 24.1. The van der Waals surface area contributed by atoms with Crippen LogP contribution in [0, 0.1) is 0 Å². The molecule has 0 radical (unpaired) electrons. The van der Waals surface area contributed by atoms with Crippen LogP contribution in [0.15, 0.2) is 65.6 Å². The summed E-state index contributed by atoms with van der Waals surface area (Å²) in [6.07, 6.45) is 0.812. The van der Waals surface area contributed by atoms with Crippen LogP contribution in [-0.4, -0.2) is 78.6 Å². The molecule has 220 valence electrons. The number of para-hydroxylation sites is 1. The lowest BCUT2D eigenvalue weighted by molar-refractivity contribution is -0.118. The van der Waals surface area contributed by atoms with Crippen LogP contribution in [0.3, 0.4) is 0 Å². The molecule has 1 aliphatic heterocycles. The second-order valence-corrected chi connectivity index (χ2v) is 10.7. The zero-order chi connectivity index (χ0) is 29.2. The number of carbonyl (C=O) groups excluding carboxylic acids is 1. The molecule has 3 aromatic carbocycles. The number of methoxy groups -OCH3 is 3. The molecule has 1 unspecified atom stereocenters. The molecule has 10 heteroatoms. The van der Waals surface area contributed by atoms with Crippen LogP contribution in [0.25, 0.3) is 0 Å². The van der Waals surface area contributed by atoms with Crippen molar-refractivity contribution < 1.29 is 28.5 Å². The lowest BCUT2D eigenvalue weighted by Gasteiger charge is -2.34. The van der Waals surface area contributed by atoms with Crippen LogP contribution in [0.5, 0.6) is 28.7 Å². The number of thioether (sulfide) groups is 1. The van der Waals surface area contributed by atoms with Crippen molar-refractivity contribution in [1.29, 1.82) is 0 Å². The largest absolute Gasteiger partial charge is 0.497 e. The third kappa shape index (κ3) is 7.58. The van der Waals surface area contributed by atoms with Gasteiger partial charge in [0.1, 0.15) is 29.1 Å². The van der Waals surface area contributed by atoms with Crippen molar-refractivity contribution in [1.82, 2.24) is 4.90 Å². The summed E-state index contributed by atoms with van der Waals surface area (Å²) in [4.78, 5) is 18.7. The quantitative estimate of drug-likeness (QED) is 0.258. The summed E-state index contributed by atoms with van der Waals surface area (Å²) in [7, 11) is 6.89. The van der Waals surface area contributed by atoms with Gasteiger partial charge in [-0.25, -0.2) is 0 Å². The topological polar surface area (TPSA) is 95.7 Å². The molecule has 0 saturated heterocycles. The first-order valence-corrected chi connectivity index (χ1v) is 14.5. The van der Waals surface area contributed by atoms with E-state index in [2.05, 4.69) is 11.9 Å². The highest BCUT2D eigenvalue weighted by molar-refractivity contribution is 8.00. The highest BCUT2D eigenvalue weighted by Gasteiger charge is 2.36. The van der Waals surface area contributed by atoms with Crippen LogP contribution < -0.4 is 34.3 Å². The van der Waals surface area contributed by atoms with E-state index >= 15 is 0 Å². The number of ether oxygens (including phenoxy) is 5. The standard InChI is InChI=1S/C31H39N3O6S/c1-33(17-19-39-23-11-13-27(37-3)28(21-23)38-4)15-7-18-40-26-12-10-22(36-2)20-24(26)30-31(35)34(16-14-32)25-8-5-6-9-29(25)41-30/h5-6,8-13,20-21,30H,7,14-19,32H2,1-4H3. The Morgan fingerprint density at radius 3 is 2.37 bits per heavy atom. The molecule has 0 saturated carbocycles. The van der Waals surface area contributed by atoms with Gasteiger partial charge in [0, 0.05) is 42.7 Å². The van der Waals surface area contributed by atoms with Crippen molar-refractivity contribution >= 4 is 23.4 Å². The first-order valence-electron chi connectivity index (χ1n) is 13.6. The number of fused-ring (bicyclic) bond motifs is 1. The van der Waals surface area contributed by atoms with Gasteiger partial charge in [-0.3, -0.25) is 4.79 Å². The Kier molecular flexibility index (Phi) is 11.0. The monoisotopic (exact) mass is 581 g/mol. The molecule has 2 N–H and O–H groups in total. The van der Waals surface area contributed by atoms with Crippen molar-refractivity contribution in [3.05, 3.63) is 66.2 Å². The summed E-state index contributed by atoms with van der Waals surface area (Å²) in [5.74, 6) is 3.39. The zero-order valence-corrected chi connectivity index (χ0v) is 24.9. The third-order valence-corrected chi connectivity index (χ3v) is 8.07. The first-order chi connectivity index (χ1) is 20.0. The molecule has 0 fully saturated rings. The molecule has 41 heavy (non-hydrogen) atoms. The fourth-order valence-corrected chi connectivity index (χ4v) is 5.87. The molecule has 4 rings (SSSR count). The number of amides is 1. The average molecular weight is 582 g/mol. The van der Waals surface area contributed by atoms with Gasteiger partial charge < -0.3 is 39.2 Å². The van der Waals surface area contributed by atoms with E-state index in [9.17, 15) is 4.79 Å². The Morgan fingerprint density at radius 2 is 1.61 bits per heavy atom. The minimum atomic E-state index is -0.460. The molecular weight excluding hydrogens is 542 g/mol. The van der Waals surface area contributed by atoms with Crippen LogP contribution in [-0.2, 0) is 4.79 Å². The van der Waals surface area contributed by atoms with Gasteiger partial charge in [-0.2, -0.15) is 0 Å². The van der Waals surface area contributed by atoms with Crippen LogP contribution in [0.4, 0.5) is 5.69 Å². The predicted octanol–water partition coefficient (Wildman–Crippen LogP) is 4.63. The van der Waals surface area contributed by atoms with E-state index in [-0.39, 0.29) is 5.91 Å². The maximum atomic E-state index is 13.6. The van der Waals surface area contributed by atoms with E-state index in [0.29, 0.717) is 49.3 Å². The first kappa shape index (κ1) is 30.4. The number of nitrogens with two attached hydrogens (primary N) is 1. The summed E-state index contributed by atoms with van der Waals surface area (Å²) in [6, 6.07) is 19.1. The van der Waals surface area contributed by atoms with Crippen molar-refractivity contribution in [2.75, 3.05) is 72.7 Å². The number of carbonyl (C=O) groups is 1. The van der Waals surface area contributed by atoms with Crippen LogP contribution in [0.1, 0.15) is 17.2 Å². The number of anilines is 1. The number of nitrogens with zero attached hydrogens (tertiary/aromatic N) is 2. The fourth-order valence-electron chi connectivity index (χ4n) is 4.62. The molecular formula is C31H39N3O6S. The molecule has 0 bridgehead atoms. The van der Waals surface area contributed by atoms with Gasteiger partial charge in [0.15, 0.2) is 11.5 Å². The van der Waals surface area contributed by atoms with Gasteiger partial charge in [-0.05, 0) is 55.9 Å². The van der Waals surface area contributed by atoms with E-state index in [0.717, 1.165) is 41.4 Å². The molecule has 1 atom stereocenters. The third-order valence-electron chi connectivity index (χ3n) is 6.78. The van der Waals surface area contributed by atoms with Gasteiger partial charge in [-0.1, -0.05) is 12.1 Å². The highest BCUT2D eigenvalue weighted by atomic mass is 32.2. The molecule has 0 aliphatic carbocycles. The lowest BCUT2D eigenvalue weighted by Crippen LogP contribution is -2.40. The Bertz CT molecular complexity index is 1310. The molecule has 0 aromatic heterocycles. The van der Waals surface area contributed by atoms with E-state index < -0.39 is 5.25 Å². The smallest absolute Gasteiger partial charge is 0.245 e. The van der Waals surface area contributed by atoms with Crippen LogP contribution in [0.2, 0.25) is 0 Å². The Balaban J connectivity index is 1.33. The van der Waals surface area contributed by atoms with Crippen molar-refractivity contribution in [3.8, 4) is 28.7 Å². The van der Waals surface area contributed by atoms with E-state index in [1.807, 2.05) is 60.7 Å². The van der Waals surface area contributed by atoms with Crippen molar-refractivity contribution in [2.45, 2.75) is 16.6 Å². The van der Waals surface area contributed by atoms with Gasteiger partial charge in [0.2, 0.25) is 5.91 Å². The average Bonchev–Trinajstić information content (AvgIpc) is 3.00. The minimum Gasteiger partial charge on any atom is -0.497 e.